The van der Waals surface area contributed by atoms with Crippen molar-refractivity contribution in [2.24, 2.45) is 0 Å². The molecule has 1 aromatic rings. The van der Waals surface area contributed by atoms with Crippen molar-refractivity contribution in [2.75, 3.05) is 0 Å². The van der Waals surface area contributed by atoms with Crippen LogP contribution >= 0.6 is 0 Å². The number of non-ortho nitro benzene ring substituents is 1. The van der Waals surface area contributed by atoms with Gasteiger partial charge in [-0.05, 0) is 12.2 Å². The van der Waals surface area contributed by atoms with E-state index in [0.29, 0.717) is 12.6 Å². The van der Waals surface area contributed by atoms with Gasteiger partial charge in [-0.2, -0.15) is 0 Å². The third-order valence-electron chi connectivity index (χ3n) is 1.85. The molecule has 16 heavy (non-hydrogen) atoms. The fourth-order valence-corrected chi connectivity index (χ4v) is 1.13. The van der Waals surface area contributed by atoms with Crippen LogP contribution in [0, 0.1) is 10.1 Å². The van der Waals surface area contributed by atoms with Crippen molar-refractivity contribution >= 4 is 24.3 Å². The van der Waals surface area contributed by atoms with Crippen LogP contribution in [0.3, 0.4) is 0 Å². The summed E-state index contributed by atoms with van der Waals surface area (Å²) in [6.45, 7) is 0. The van der Waals surface area contributed by atoms with E-state index < -0.39 is 10.7 Å². The van der Waals surface area contributed by atoms with Crippen LogP contribution in [-0.4, -0.2) is 22.6 Å². The van der Waals surface area contributed by atoms with Gasteiger partial charge in [0.25, 0.3) is 5.69 Å². The highest BCUT2D eigenvalue weighted by molar-refractivity contribution is 5.85. The molecule has 0 unspecified atom stereocenters. The van der Waals surface area contributed by atoms with E-state index in [1.54, 1.807) is 0 Å². The molecule has 0 heterocycles. The summed E-state index contributed by atoms with van der Waals surface area (Å²) in [6, 6.07) is 2.03. The Bertz CT molecular complexity index is 478. The first kappa shape index (κ1) is 11.6. The second-order valence-electron chi connectivity index (χ2n) is 2.84. The summed E-state index contributed by atoms with van der Waals surface area (Å²) in [4.78, 5) is 30.5. The summed E-state index contributed by atoms with van der Waals surface area (Å²) < 4.78 is 0. The van der Waals surface area contributed by atoms with Gasteiger partial charge < -0.3 is 5.11 Å². The van der Waals surface area contributed by atoms with E-state index in [1.807, 2.05) is 0 Å². The Morgan fingerprint density at radius 1 is 1.25 bits per heavy atom. The van der Waals surface area contributed by atoms with Gasteiger partial charge in [-0.25, -0.2) is 0 Å². The molecule has 1 rings (SSSR count). The van der Waals surface area contributed by atoms with Crippen molar-refractivity contribution in [1.82, 2.24) is 0 Å². The summed E-state index contributed by atoms with van der Waals surface area (Å²) in [7, 11) is 0. The van der Waals surface area contributed by atoms with Crippen molar-refractivity contribution in [3.8, 4) is 5.75 Å². The van der Waals surface area contributed by atoms with E-state index in [2.05, 4.69) is 0 Å². The number of nitro groups is 1. The minimum absolute atomic E-state index is 0.0448. The second kappa shape index (κ2) is 4.83. The third kappa shape index (κ3) is 2.30. The Labute approximate surface area is 90.0 Å². The highest BCUT2D eigenvalue weighted by Gasteiger charge is 2.13. The Hall–Kier alpha value is -2.50. The van der Waals surface area contributed by atoms with E-state index in [0.717, 1.165) is 18.2 Å². The number of aromatic hydroxyl groups is 1. The molecule has 0 atom stereocenters. The van der Waals surface area contributed by atoms with Crippen LogP contribution in [0.1, 0.15) is 15.9 Å². The van der Waals surface area contributed by atoms with Crippen molar-refractivity contribution in [2.45, 2.75) is 0 Å². The maximum absolute atomic E-state index is 10.6. The Kier molecular flexibility index (Phi) is 3.49. The number of benzene rings is 1. The highest BCUT2D eigenvalue weighted by Crippen LogP contribution is 2.28. The highest BCUT2D eigenvalue weighted by atomic mass is 16.6. The molecular formula is C10H7NO5. The number of carbonyl (C=O) groups is 2. The van der Waals surface area contributed by atoms with E-state index in [-0.39, 0.29) is 16.8 Å². The van der Waals surface area contributed by atoms with Gasteiger partial charge in [0, 0.05) is 17.7 Å². The first-order valence-electron chi connectivity index (χ1n) is 4.18. The number of hydrogen-bond acceptors (Lipinski definition) is 5. The largest absolute Gasteiger partial charge is 0.507 e. The average molecular weight is 221 g/mol. The number of nitrogens with zero attached hydrogens (tertiary/aromatic N) is 1. The second-order valence-corrected chi connectivity index (χ2v) is 2.84. The molecule has 0 aromatic heterocycles. The van der Waals surface area contributed by atoms with Crippen molar-refractivity contribution in [3.63, 3.8) is 0 Å². The molecule has 0 aliphatic rings. The van der Waals surface area contributed by atoms with Gasteiger partial charge in [0.05, 0.1) is 10.5 Å². The van der Waals surface area contributed by atoms with Gasteiger partial charge in [0.15, 0.2) is 6.29 Å². The van der Waals surface area contributed by atoms with Crippen LogP contribution in [0.15, 0.2) is 18.2 Å². The topological polar surface area (TPSA) is 97.5 Å². The van der Waals surface area contributed by atoms with Crippen molar-refractivity contribution in [3.05, 3.63) is 39.4 Å². The molecule has 0 saturated heterocycles. The van der Waals surface area contributed by atoms with Crippen molar-refractivity contribution < 1.29 is 19.6 Å². The minimum Gasteiger partial charge on any atom is -0.507 e. The van der Waals surface area contributed by atoms with Gasteiger partial charge in [-0.15, -0.1) is 0 Å². The van der Waals surface area contributed by atoms with Crippen LogP contribution in [0.2, 0.25) is 0 Å². The van der Waals surface area contributed by atoms with Gasteiger partial charge >= 0.3 is 0 Å². The molecule has 0 amide bonds. The monoisotopic (exact) mass is 221 g/mol. The lowest BCUT2D eigenvalue weighted by atomic mass is 10.1. The van der Waals surface area contributed by atoms with Gasteiger partial charge in [-0.3, -0.25) is 19.7 Å². The number of phenols is 1. The predicted molar refractivity (Wildman–Crippen MR) is 55.2 cm³/mol. The molecule has 0 saturated carbocycles. The standard InChI is InChI=1S/C10H7NO5/c12-3-1-2-7-4-9(11(15)16)5-8(6-13)10(7)14/h1-6,14H. The molecule has 0 aliphatic heterocycles. The van der Waals surface area contributed by atoms with Crippen molar-refractivity contribution in [1.29, 1.82) is 0 Å². The lowest BCUT2D eigenvalue weighted by molar-refractivity contribution is -0.384. The lowest BCUT2D eigenvalue weighted by Crippen LogP contribution is -1.92. The van der Waals surface area contributed by atoms with Crippen LogP contribution < -0.4 is 0 Å². The molecule has 0 radical (unpaired) electrons. The number of phenolic OH excluding ortho intramolecular Hbond substituents is 1. The summed E-state index contributed by atoms with van der Waals surface area (Å²) >= 11 is 0. The quantitative estimate of drug-likeness (QED) is 0.358. The van der Waals surface area contributed by atoms with Gasteiger partial charge in [0.2, 0.25) is 0 Å². The van der Waals surface area contributed by atoms with Crippen LogP contribution in [0.5, 0.6) is 5.75 Å². The Morgan fingerprint density at radius 3 is 2.38 bits per heavy atom. The maximum Gasteiger partial charge on any atom is 0.271 e. The fraction of sp³-hybridized carbons (Fsp3) is 0. The Balaban J connectivity index is 3.40. The molecule has 1 N–H and O–H groups in total. The smallest absolute Gasteiger partial charge is 0.271 e. The molecule has 0 fully saturated rings. The summed E-state index contributed by atoms with van der Waals surface area (Å²) in [6.07, 6.45) is 3.01. The van der Waals surface area contributed by atoms with Crippen LogP contribution in [0.25, 0.3) is 6.08 Å². The molecule has 0 bridgehead atoms. The number of hydrogen-bond donors (Lipinski definition) is 1. The van der Waals surface area contributed by atoms with E-state index in [4.69, 9.17) is 0 Å². The number of nitro benzene ring substituents is 1. The Morgan fingerprint density at radius 2 is 1.88 bits per heavy atom. The van der Waals surface area contributed by atoms with E-state index in [9.17, 15) is 24.8 Å². The van der Waals surface area contributed by atoms with Crippen LogP contribution in [-0.2, 0) is 4.79 Å². The summed E-state index contributed by atoms with van der Waals surface area (Å²) in [5, 5.41) is 20.0. The van der Waals surface area contributed by atoms with E-state index in [1.165, 1.54) is 6.08 Å². The number of allylic oxidation sites excluding steroid dienone is 1. The molecule has 0 aliphatic carbocycles. The lowest BCUT2D eigenvalue weighted by Gasteiger charge is -2.01. The fourth-order valence-electron chi connectivity index (χ4n) is 1.13. The first-order valence-corrected chi connectivity index (χ1v) is 4.18. The zero-order chi connectivity index (χ0) is 12.1. The maximum atomic E-state index is 10.6. The zero-order valence-electron chi connectivity index (χ0n) is 7.99. The summed E-state index contributed by atoms with van der Waals surface area (Å²) in [5.74, 6) is -0.390. The minimum atomic E-state index is -0.690. The van der Waals surface area contributed by atoms with E-state index >= 15 is 0 Å². The number of aldehydes is 2. The molecule has 0 spiro atoms. The first-order chi connectivity index (χ1) is 7.60. The predicted octanol–water partition coefficient (Wildman–Crippen LogP) is 1.32. The molecule has 1 aromatic carbocycles. The molecule has 6 nitrogen and oxygen atoms in total. The SMILES string of the molecule is O=CC=Cc1cc([N+](=O)[O-])cc(C=O)c1O. The number of carbonyl (C=O) groups excluding carboxylic acids is 2. The van der Waals surface area contributed by atoms with Crippen LogP contribution in [0.4, 0.5) is 5.69 Å². The van der Waals surface area contributed by atoms with Gasteiger partial charge in [0.1, 0.15) is 12.0 Å². The summed E-state index contributed by atoms with van der Waals surface area (Å²) in [5.41, 5.74) is -0.478. The molecule has 6 heteroatoms. The molecular weight excluding hydrogens is 214 g/mol. The number of rotatable bonds is 4. The average Bonchev–Trinajstić information content (AvgIpc) is 2.27. The third-order valence-corrected chi connectivity index (χ3v) is 1.85. The zero-order valence-corrected chi connectivity index (χ0v) is 7.99. The molecule has 82 valence electrons. The normalized spacial score (nSPS) is 10.2. The van der Waals surface area contributed by atoms with Gasteiger partial charge in [-0.1, -0.05) is 0 Å².